The number of benzene rings is 2. The van der Waals surface area contributed by atoms with Gasteiger partial charge in [-0.1, -0.05) is 29.8 Å². The van der Waals surface area contributed by atoms with Crippen molar-refractivity contribution in [3.05, 3.63) is 92.5 Å². The van der Waals surface area contributed by atoms with Crippen molar-refractivity contribution in [2.45, 2.75) is 18.9 Å². The number of H-pyrrole nitrogens is 2. The average molecular weight is 518 g/mol. The van der Waals surface area contributed by atoms with Gasteiger partial charge in [-0.25, -0.2) is 14.2 Å². The van der Waals surface area contributed by atoms with E-state index in [0.29, 0.717) is 32.9 Å². The monoisotopic (exact) mass is 517 g/mol. The SMILES string of the molecule is CN(c1cc(=NC2CC2)n2ncc(=Cc3[nH]c(=O)[nH]c3O)c2n1)c1cc(F)ccc1-c1ccccc1Cl. The maximum absolute atomic E-state index is 14.5. The van der Waals surface area contributed by atoms with Crippen LogP contribution in [-0.4, -0.2) is 42.8 Å². The van der Waals surface area contributed by atoms with Gasteiger partial charge >= 0.3 is 5.69 Å². The van der Waals surface area contributed by atoms with E-state index in [1.807, 2.05) is 18.2 Å². The third-order valence-corrected chi connectivity index (χ3v) is 6.52. The van der Waals surface area contributed by atoms with Crippen molar-refractivity contribution >= 4 is 34.8 Å². The Balaban J connectivity index is 1.56. The minimum Gasteiger partial charge on any atom is -0.493 e. The summed E-state index contributed by atoms with van der Waals surface area (Å²) in [5, 5.41) is 15.6. The fourth-order valence-corrected chi connectivity index (χ4v) is 4.41. The van der Waals surface area contributed by atoms with E-state index in [1.165, 1.54) is 12.1 Å². The molecule has 0 spiro atoms. The maximum atomic E-state index is 14.5. The lowest BCUT2D eigenvalue weighted by atomic mass is 10.0. The van der Waals surface area contributed by atoms with E-state index in [9.17, 15) is 14.3 Å². The number of halogens is 2. The Morgan fingerprint density at radius 3 is 2.73 bits per heavy atom. The highest BCUT2D eigenvalue weighted by Gasteiger charge is 2.21. The molecule has 1 saturated carbocycles. The molecule has 0 radical (unpaired) electrons. The second kappa shape index (κ2) is 8.90. The average Bonchev–Trinajstić information content (AvgIpc) is 3.51. The predicted molar refractivity (Wildman–Crippen MR) is 138 cm³/mol. The summed E-state index contributed by atoms with van der Waals surface area (Å²) in [5.74, 6) is -0.177. The number of hydrogen-bond donors (Lipinski definition) is 3. The Hall–Kier alpha value is -4.44. The molecule has 0 aliphatic heterocycles. The molecule has 1 aliphatic carbocycles. The summed E-state index contributed by atoms with van der Waals surface area (Å²) >= 11 is 6.48. The van der Waals surface area contributed by atoms with E-state index in [0.717, 1.165) is 24.0 Å². The van der Waals surface area contributed by atoms with E-state index in [4.69, 9.17) is 21.6 Å². The molecule has 5 aromatic rings. The predicted octanol–water partition coefficient (Wildman–Crippen LogP) is 3.29. The van der Waals surface area contributed by atoms with Crippen LogP contribution in [0.1, 0.15) is 18.5 Å². The number of rotatable bonds is 5. The van der Waals surface area contributed by atoms with Crippen molar-refractivity contribution in [2.75, 3.05) is 11.9 Å². The van der Waals surface area contributed by atoms with E-state index in [1.54, 1.807) is 46.9 Å². The maximum Gasteiger partial charge on any atom is 0.326 e. The number of anilines is 2. The number of hydrogen-bond acceptors (Lipinski definition) is 6. The summed E-state index contributed by atoms with van der Waals surface area (Å²) in [6.45, 7) is 0. The normalized spacial score (nSPS) is 14.6. The largest absolute Gasteiger partial charge is 0.493 e. The van der Waals surface area contributed by atoms with Crippen LogP contribution < -0.4 is 21.3 Å². The number of imidazole rings is 1. The third kappa shape index (κ3) is 4.36. The molecule has 0 atom stereocenters. The Labute approximate surface area is 214 Å². The summed E-state index contributed by atoms with van der Waals surface area (Å²) in [7, 11) is 1.80. The van der Waals surface area contributed by atoms with Crippen molar-refractivity contribution in [2.24, 2.45) is 4.99 Å². The zero-order valence-electron chi connectivity index (χ0n) is 19.6. The highest BCUT2D eigenvalue weighted by atomic mass is 35.5. The van der Waals surface area contributed by atoms with Gasteiger partial charge in [-0.15, -0.1) is 0 Å². The smallest absolute Gasteiger partial charge is 0.326 e. The van der Waals surface area contributed by atoms with Crippen molar-refractivity contribution in [1.82, 2.24) is 24.6 Å². The quantitative estimate of drug-likeness (QED) is 0.331. The zero-order chi connectivity index (χ0) is 25.7. The molecule has 9 nitrogen and oxygen atoms in total. The summed E-state index contributed by atoms with van der Waals surface area (Å²) < 4.78 is 16.1. The van der Waals surface area contributed by atoms with Crippen LogP contribution in [0.25, 0.3) is 22.9 Å². The zero-order valence-corrected chi connectivity index (χ0v) is 20.4. The summed E-state index contributed by atoms with van der Waals surface area (Å²) in [6.07, 6.45) is 5.15. The van der Waals surface area contributed by atoms with Crippen LogP contribution >= 0.6 is 11.6 Å². The first-order valence-electron chi connectivity index (χ1n) is 11.6. The molecule has 2 aromatic carbocycles. The fourth-order valence-electron chi connectivity index (χ4n) is 4.17. The van der Waals surface area contributed by atoms with Crippen molar-refractivity contribution in [3.63, 3.8) is 0 Å². The summed E-state index contributed by atoms with van der Waals surface area (Å²) in [6, 6.07) is 13.9. The molecule has 6 rings (SSSR count). The van der Waals surface area contributed by atoms with Crippen LogP contribution in [0.15, 0.2) is 64.5 Å². The Morgan fingerprint density at radius 2 is 2.00 bits per heavy atom. The molecule has 3 aromatic heterocycles. The lowest BCUT2D eigenvalue weighted by Crippen LogP contribution is -2.23. The van der Waals surface area contributed by atoms with Gasteiger partial charge in [-0.2, -0.15) is 9.61 Å². The number of aromatic amines is 2. The molecule has 3 heterocycles. The number of aromatic hydroxyl groups is 1. The third-order valence-electron chi connectivity index (χ3n) is 6.19. The first-order chi connectivity index (χ1) is 17.9. The summed E-state index contributed by atoms with van der Waals surface area (Å²) in [5.41, 5.74) is 2.80. The van der Waals surface area contributed by atoms with Gasteiger partial charge in [0.05, 0.1) is 17.9 Å². The molecule has 1 fully saturated rings. The lowest BCUT2D eigenvalue weighted by Gasteiger charge is -2.22. The second-order valence-electron chi connectivity index (χ2n) is 8.85. The molecule has 3 N–H and O–H groups in total. The van der Waals surface area contributed by atoms with E-state index >= 15 is 0 Å². The molecular formula is C26H21ClFN7O2. The highest BCUT2D eigenvalue weighted by molar-refractivity contribution is 6.33. The van der Waals surface area contributed by atoms with Gasteiger partial charge in [-0.05, 0) is 43.2 Å². The van der Waals surface area contributed by atoms with Crippen LogP contribution in [0.4, 0.5) is 15.9 Å². The van der Waals surface area contributed by atoms with Crippen molar-refractivity contribution in [3.8, 4) is 17.0 Å². The molecular weight excluding hydrogens is 497 g/mol. The van der Waals surface area contributed by atoms with Crippen LogP contribution in [0.2, 0.25) is 5.02 Å². The van der Waals surface area contributed by atoms with Crippen molar-refractivity contribution in [1.29, 1.82) is 0 Å². The van der Waals surface area contributed by atoms with Gasteiger partial charge in [0.25, 0.3) is 0 Å². The molecule has 37 heavy (non-hydrogen) atoms. The first kappa shape index (κ1) is 23.0. The van der Waals surface area contributed by atoms with Crippen LogP contribution in [0, 0.1) is 5.82 Å². The number of nitrogens with zero attached hydrogens (tertiary/aromatic N) is 5. The van der Waals surface area contributed by atoms with Crippen LogP contribution in [-0.2, 0) is 0 Å². The van der Waals surface area contributed by atoms with Gasteiger partial charge in [0.15, 0.2) is 11.1 Å². The Kier molecular flexibility index (Phi) is 5.53. The van der Waals surface area contributed by atoms with Gasteiger partial charge in [0, 0.05) is 34.5 Å². The van der Waals surface area contributed by atoms with E-state index in [2.05, 4.69) is 15.1 Å². The molecule has 11 heteroatoms. The van der Waals surface area contributed by atoms with Gasteiger partial charge in [0.2, 0.25) is 5.88 Å². The van der Waals surface area contributed by atoms with Gasteiger partial charge in [0.1, 0.15) is 17.3 Å². The van der Waals surface area contributed by atoms with Crippen LogP contribution in [0.5, 0.6) is 5.88 Å². The number of aromatic nitrogens is 5. The molecule has 0 bridgehead atoms. The molecule has 1 aliphatic rings. The van der Waals surface area contributed by atoms with E-state index < -0.39 is 11.5 Å². The molecule has 0 saturated heterocycles. The second-order valence-corrected chi connectivity index (χ2v) is 9.26. The van der Waals surface area contributed by atoms with Gasteiger partial charge < -0.3 is 15.0 Å². The standard InChI is InChI=1S/C26H21ClFN7O2/c1-34(21-11-15(28)6-9-18(21)17-4-2-3-5-19(17)27)22-12-23(30-16-7-8-16)35-24(32-22)14(13-29-35)10-20-25(36)33-26(37)31-20/h2-6,9-13,16,36H,7-8H2,1H3,(H2,31,33,37). The summed E-state index contributed by atoms with van der Waals surface area (Å²) in [4.78, 5) is 27.8. The molecule has 0 amide bonds. The molecule has 0 unspecified atom stereocenters. The minimum absolute atomic E-state index is 0.201. The van der Waals surface area contributed by atoms with E-state index in [-0.39, 0.29) is 17.6 Å². The topological polar surface area (TPSA) is 115 Å². The van der Waals surface area contributed by atoms with Gasteiger partial charge in [-0.3, -0.25) is 9.98 Å². The fraction of sp³-hybridized carbons (Fsp3) is 0.154. The minimum atomic E-state index is -0.531. The molecule has 186 valence electrons. The highest BCUT2D eigenvalue weighted by Crippen LogP contribution is 2.37. The number of nitrogens with one attached hydrogen (secondary N) is 2. The lowest BCUT2D eigenvalue weighted by molar-refractivity contribution is 0.454. The number of fused-ring (bicyclic) bond motifs is 1. The van der Waals surface area contributed by atoms with Crippen LogP contribution in [0.3, 0.4) is 0 Å². The first-order valence-corrected chi connectivity index (χ1v) is 12.0. The Bertz CT molecular complexity index is 1840. The van der Waals surface area contributed by atoms with Crippen molar-refractivity contribution < 1.29 is 9.50 Å². The Morgan fingerprint density at radius 1 is 1.19 bits per heavy atom.